The van der Waals surface area contributed by atoms with Crippen molar-refractivity contribution < 1.29 is 17.9 Å². The van der Waals surface area contributed by atoms with Gasteiger partial charge in [-0.05, 0) is 88.5 Å². The van der Waals surface area contributed by atoms with Crippen LogP contribution >= 0.6 is 0 Å². The van der Waals surface area contributed by atoms with Gasteiger partial charge in [0.15, 0.2) is 0 Å². The fourth-order valence-electron chi connectivity index (χ4n) is 6.65. The second kappa shape index (κ2) is 12.6. The zero-order chi connectivity index (χ0) is 31.8. The van der Waals surface area contributed by atoms with E-state index in [1.165, 1.54) is 21.0 Å². The summed E-state index contributed by atoms with van der Waals surface area (Å²) < 4.78 is 37.1. The van der Waals surface area contributed by atoms with Crippen molar-refractivity contribution in [1.29, 1.82) is 0 Å². The molecule has 3 aromatic carbocycles. The number of sulfonamides is 1. The largest absolute Gasteiger partial charge is 0.497 e. The second-order valence-corrected chi connectivity index (χ2v) is 15.5. The van der Waals surface area contributed by atoms with Gasteiger partial charge in [0.1, 0.15) is 5.75 Å². The molecular formula is C36H44N4O4S. The average molecular weight is 629 g/mol. The highest BCUT2D eigenvalue weighted by molar-refractivity contribution is 7.89. The van der Waals surface area contributed by atoms with Gasteiger partial charge >= 0.3 is 0 Å². The van der Waals surface area contributed by atoms with Crippen LogP contribution in [-0.2, 0) is 40.7 Å². The number of nitrogens with one attached hydrogen (secondary N) is 2. The highest BCUT2D eigenvalue weighted by Gasteiger charge is 2.38. The van der Waals surface area contributed by atoms with Crippen LogP contribution in [0.5, 0.6) is 5.75 Å². The van der Waals surface area contributed by atoms with Crippen LogP contribution in [0.3, 0.4) is 0 Å². The van der Waals surface area contributed by atoms with E-state index in [1.54, 1.807) is 19.2 Å². The van der Waals surface area contributed by atoms with Gasteiger partial charge in [-0.3, -0.25) is 4.79 Å². The summed E-state index contributed by atoms with van der Waals surface area (Å²) in [7, 11) is -2.26. The van der Waals surface area contributed by atoms with Crippen molar-refractivity contribution in [2.75, 3.05) is 20.2 Å². The Morgan fingerprint density at radius 2 is 1.78 bits per heavy atom. The molecule has 0 spiro atoms. The first kappa shape index (κ1) is 31.3. The van der Waals surface area contributed by atoms with Gasteiger partial charge in [-0.15, -0.1) is 0 Å². The highest BCUT2D eigenvalue weighted by Crippen LogP contribution is 2.35. The summed E-state index contributed by atoms with van der Waals surface area (Å²) in [6.45, 7) is 9.33. The fourth-order valence-corrected chi connectivity index (χ4v) is 8.27. The van der Waals surface area contributed by atoms with E-state index in [1.807, 2.05) is 42.6 Å². The van der Waals surface area contributed by atoms with Crippen LogP contribution in [0.1, 0.15) is 62.0 Å². The molecule has 2 aliphatic rings. The van der Waals surface area contributed by atoms with Gasteiger partial charge in [-0.1, -0.05) is 51.1 Å². The van der Waals surface area contributed by atoms with Gasteiger partial charge in [0.25, 0.3) is 0 Å². The predicted molar refractivity (Wildman–Crippen MR) is 178 cm³/mol. The van der Waals surface area contributed by atoms with E-state index in [-0.39, 0.29) is 28.7 Å². The number of fused-ring (bicyclic) bond motifs is 3. The Hall–Kier alpha value is -3.66. The van der Waals surface area contributed by atoms with Gasteiger partial charge < -0.3 is 19.9 Å². The van der Waals surface area contributed by atoms with Crippen molar-refractivity contribution in [2.45, 2.75) is 76.5 Å². The Kier molecular flexibility index (Phi) is 8.78. The Morgan fingerprint density at radius 1 is 0.978 bits per heavy atom. The van der Waals surface area contributed by atoms with Crippen LogP contribution < -0.4 is 15.4 Å². The quantitative estimate of drug-likeness (QED) is 0.252. The molecule has 0 fully saturated rings. The third kappa shape index (κ3) is 6.95. The summed E-state index contributed by atoms with van der Waals surface area (Å²) in [5.74, 6) is 0.591. The van der Waals surface area contributed by atoms with Gasteiger partial charge in [0, 0.05) is 50.5 Å². The molecule has 1 aliphatic heterocycles. The molecule has 0 saturated heterocycles. The van der Waals surface area contributed by atoms with E-state index in [0.717, 1.165) is 54.6 Å². The Balaban J connectivity index is 1.15. The van der Waals surface area contributed by atoms with E-state index in [2.05, 4.69) is 54.2 Å². The number of carbonyl (C=O) groups is 1. The molecule has 0 radical (unpaired) electrons. The topological polar surface area (TPSA) is 92.7 Å². The van der Waals surface area contributed by atoms with Crippen molar-refractivity contribution in [2.24, 2.45) is 5.41 Å². The molecule has 8 nitrogen and oxygen atoms in total. The van der Waals surface area contributed by atoms with Gasteiger partial charge in [-0.2, -0.15) is 4.31 Å². The minimum absolute atomic E-state index is 0.0211. The summed E-state index contributed by atoms with van der Waals surface area (Å²) in [6, 6.07) is 20.7. The lowest BCUT2D eigenvalue weighted by molar-refractivity contribution is -0.123. The molecule has 4 aromatic rings. The van der Waals surface area contributed by atoms with Gasteiger partial charge in [-0.25, -0.2) is 8.42 Å². The van der Waals surface area contributed by atoms with E-state index >= 15 is 0 Å². The molecule has 6 rings (SSSR count). The number of rotatable bonds is 9. The van der Waals surface area contributed by atoms with Crippen molar-refractivity contribution in [1.82, 2.24) is 19.5 Å². The van der Waals surface area contributed by atoms with Crippen LogP contribution in [-0.4, -0.2) is 49.4 Å². The van der Waals surface area contributed by atoms with Crippen LogP contribution in [0, 0.1) is 5.41 Å². The van der Waals surface area contributed by atoms with Crippen LogP contribution in [0.2, 0.25) is 0 Å². The number of hydrogen-bond acceptors (Lipinski definition) is 5. The predicted octanol–water partition coefficient (Wildman–Crippen LogP) is 5.60. The molecule has 1 amide bonds. The van der Waals surface area contributed by atoms with Crippen molar-refractivity contribution >= 4 is 26.7 Å². The van der Waals surface area contributed by atoms with Gasteiger partial charge in [0.05, 0.1) is 18.0 Å². The summed E-state index contributed by atoms with van der Waals surface area (Å²) >= 11 is 0. The maximum absolute atomic E-state index is 14.1. The summed E-state index contributed by atoms with van der Waals surface area (Å²) in [6.07, 6.45) is 4.58. The lowest BCUT2D eigenvalue weighted by atomic mass is 9.87. The zero-order valence-electron chi connectivity index (χ0n) is 26.7. The van der Waals surface area contributed by atoms with Crippen LogP contribution in [0.15, 0.2) is 77.8 Å². The summed E-state index contributed by atoms with van der Waals surface area (Å²) in [5, 5.41) is 8.52. The molecule has 2 N–H and O–H groups in total. The number of nitrogens with zero attached hydrogens (tertiary/aromatic N) is 2. The van der Waals surface area contributed by atoms with E-state index in [4.69, 9.17) is 4.74 Å². The molecule has 0 saturated carbocycles. The monoisotopic (exact) mass is 628 g/mol. The minimum Gasteiger partial charge on any atom is -0.497 e. The molecule has 2 atom stereocenters. The van der Waals surface area contributed by atoms with E-state index in [0.29, 0.717) is 13.1 Å². The Morgan fingerprint density at radius 3 is 2.58 bits per heavy atom. The van der Waals surface area contributed by atoms with Crippen molar-refractivity contribution in [3.05, 3.63) is 95.3 Å². The first-order valence-corrected chi connectivity index (χ1v) is 17.3. The molecule has 238 valence electrons. The third-order valence-corrected chi connectivity index (χ3v) is 10.9. The summed E-state index contributed by atoms with van der Waals surface area (Å²) in [5.41, 5.74) is 5.00. The van der Waals surface area contributed by atoms with Crippen molar-refractivity contribution in [3.63, 3.8) is 0 Å². The zero-order valence-corrected chi connectivity index (χ0v) is 27.5. The Bertz CT molecular complexity index is 1810. The fraction of sp³-hybridized carbons (Fsp3) is 0.417. The molecule has 1 aromatic heterocycles. The highest BCUT2D eigenvalue weighted by atomic mass is 32.2. The SMILES string of the molecule is COc1ccc2cc(S(=O)(=O)N3CCn4cccc4C3CC(=O)NC3CCc4cc(CNCC(C)(C)C)ccc4C3)ccc2c1. The lowest BCUT2D eigenvalue weighted by Crippen LogP contribution is -2.45. The van der Waals surface area contributed by atoms with Crippen molar-refractivity contribution in [3.8, 4) is 5.75 Å². The first-order chi connectivity index (χ1) is 21.5. The normalized spacial score (nSPS) is 18.8. The molecule has 0 bridgehead atoms. The molecule has 2 heterocycles. The second-order valence-electron chi connectivity index (χ2n) is 13.6. The molecular weight excluding hydrogens is 584 g/mol. The molecule has 45 heavy (non-hydrogen) atoms. The number of benzene rings is 3. The smallest absolute Gasteiger partial charge is 0.243 e. The molecule has 9 heteroatoms. The molecule has 1 aliphatic carbocycles. The minimum atomic E-state index is -3.87. The van der Waals surface area contributed by atoms with Gasteiger partial charge in [0.2, 0.25) is 15.9 Å². The number of carbonyl (C=O) groups excluding carboxylic acids is 1. The summed E-state index contributed by atoms with van der Waals surface area (Å²) in [4.78, 5) is 13.8. The maximum atomic E-state index is 14.1. The van der Waals surface area contributed by atoms with E-state index in [9.17, 15) is 13.2 Å². The van der Waals surface area contributed by atoms with Crippen LogP contribution in [0.4, 0.5) is 0 Å². The number of methoxy groups -OCH3 is 1. The number of amides is 1. The van der Waals surface area contributed by atoms with E-state index < -0.39 is 16.1 Å². The lowest BCUT2D eigenvalue weighted by Gasteiger charge is -2.36. The number of aryl methyl sites for hydroxylation is 1. The van der Waals surface area contributed by atoms with Crippen LogP contribution in [0.25, 0.3) is 10.8 Å². The average Bonchev–Trinajstić information content (AvgIpc) is 3.49. The number of ether oxygens (including phenoxy) is 1. The number of aromatic nitrogens is 1. The Labute approximate surface area is 266 Å². The standard InChI is InChI=1S/C36H44N4O4S/c1-36(2,3)24-37-23-25-7-8-27-19-30(12-9-26(27)18-25)38-35(41)22-34-33-6-5-15-39(33)16-17-40(34)45(42,43)32-14-11-28-20-31(44-4)13-10-29(28)21-32/h5-8,10-11,13-15,18,20-21,30,34,37H,9,12,16-17,19,22-24H2,1-4H3,(H,38,41). The molecule has 2 unspecified atom stereocenters. The third-order valence-electron chi connectivity index (χ3n) is 8.97. The number of hydrogen-bond donors (Lipinski definition) is 2. The maximum Gasteiger partial charge on any atom is 0.243 e. The first-order valence-electron chi connectivity index (χ1n) is 15.9.